The van der Waals surface area contributed by atoms with Gasteiger partial charge in [-0.25, -0.2) is 0 Å². The minimum atomic E-state index is -4.04. The van der Waals surface area contributed by atoms with Gasteiger partial charge >= 0.3 is 0 Å². The van der Waals surface area contributed by atoms with E-state index in [2.05, 4.69) is 4.36 Å². The third-order valence-corrected chi connectivity index (χ3v) is 7.49. The number of carbonyl (C=O) groups excluding carboxylic acids is 1. The van der Waals surface area contributed by atoms with E-state index < -0.39 is 10.3 Å². The monoisotopic (exact) mass is 480 g/mol. The van der Waals surface area contributed by atoms with E-state index >= 15 is 0 Å². The van der Waals surface area contributed by atoms with Crippen molar-refractivity contribution in [2.45, 2.75) is 12.1 Å². The molecule has 1 unspecified atom stereocenters. The van der Waals surface area contributed by atoms with E-state index in [4.69, 9.17) is 16.3 Å². The average Bonchev–Trinajstić information content (AvgIpc) is 2.72. The molecule has 2 heterocycles. The van der Waals surface area contributed by atoms with Crippen LogP contribution in [0.4, 0.5) is 9.57 Å². The zero-order valence-corrected chi connectivity index (χ0v) is 19.6. The molecule has 0 N–H and O–H groups in total. The van der Waals surface area contributed by atoms with Gasteiger partial charge in [0.2, 0.25) is 0 Å². The summed E-state index contributed by atoms with van der Waals surface area (Å²) in [5, 5.41) is 0.143. The molecule has 10 heteroatoms. The average molecular weight is 481 g/mol. The molecule has 2 aromatic rings. The van der Waals surface area contributed by atoms with Crippen molar-refractivity contribution in [3.63, 3.8) is 0 Å². The molecular formula is C22H26ClFN4O3S. The number of hydrogen-bond acceptors (Lipinski definition) is 5. The number of morpholine rings is 1. The van der Waals surface area contributed by atoms with Crippen LogP contribution >= 0.6 is 11.6 Å². The minimum absolute atomic E-state index is 0.136. The first kappa shape index (κ1) is 23.1. The Morgan fingerprint density at radius 2 is 1.91 bits per heavy atom. The summed E-state index contributed by atoms with van der Waals surface area (Å²) in [6, 6.07) is 14.2. The van der Waals surface area contributed by atoms with E-state index in [1.807, 2.05) is 49.3 Å². The Hall–Kier alpha value is -2.04. The van der Waals surface area contributed by atoms with Crippen LogP contribution in [-0.2, 0) is 15.0 Å². The molecule has 2 aromatic carbocycles. The van der Waals surface area contributed by atoms with E-state index in [9.17, 15) is 12.9 Å². The quantitative estimate of drug-likeness (QED) is 0.612. The maximum atomic E-state index is 14.7. The second-order valence-corrected chi connectivity index (χ2v) is 10.1. The smallest absolute Gasteiger partial charge is 0.275 e. The first-order valence-corrected chi connectivity index (χ1v) is 12.1. The second kappa shape index (κ2) is 9.44. The molecule has 32 heavy (non-hydrogen) atoms. The number of carbonyl (C=O) groups is 1. The fourth-order valence-corrected chi connectivity index (χ4v) is 5.18. The van der Waals surface area contributed by atoms with Crippen molar-refractivity contribution in [1.29, 1.82) is 0 Å². The first-order chi connectivity index (χ1) is 15.2. The molecule has 0 spiro atoms. The molecule has 7 nitrogen and oxygen atoms in total. The van der Waals surface area contributed by atoms with Crippen LogP contribution in [0.2, 0.25) is 5.02 Å². The lowest BCUT2D eigenvalue weighted by Gasteiger charge is -2.40. The largest absolute Gasteiger partial charge is 0.370 e. The van der Waals surface area contributed by atoms with E-state index in [1.165, 1.54) is 22.5 Å². The summed E-state index contributed by atoms with van der Waals surface area (Å²) in [4.78, 5) is 16.7. The zero-order chi connectivity index (χ0) is 22.9. The molecule has 0 radical (unpaired) electrons. The number of benzene rings is 2. The van der Waals surface area contributed by atoms with Crippen LogP contribution in [0.3, 0.4) is 0 Å². The summed E-state index contributed by atoms with van der Waals surface area (Å²) in [7, 11) is -0.252. The highest BCUT2D eigenvalue weighted by Crippen LogP contribution is 2.30. The van der Waals surface area contributed by atoms with Crippen molar-refractivity contribution in [1.82, 2.24) is 14.1 Å². The molecular weight excluding hydrogens is 455 g/mol. The van der Waals surface area contributed by atoms with Gasteiger partial charge in [-0.2, -0.15) is 12.9 Å². The molecule has 0 bridgehead atoms. The molecule has 172 valence electrons. The number of rotatable bonds is 5. The lowest BCUT2D eigenvalue weighted by Crippen LogP contribution is -2.58. The first-order valence-electron chi connectivity index (χ1n) is 10.4. The standard InChI is InChI=1S/C22H26ClFN4O3S/c1-26(2)18-13-28(14-18)32(24,30)25-17-8-9-19(20(23)12-17)22(29)27-10-11-31-21(15-27)16-6-4-3-5-7-16/h3-9,12,18,21H,10-11,13-15H2,1-2H3/t21-,32?/m1/s1. The van der Waals surface area contributed by atoms with Crippen LogP contribution in [-0.4, -0.2) is 77.1 Å². The van der Waals surface area contributed by atoms with Crippen LogP contribution in [0.1, 0.15) is 22.0 Å². The van der Waals surface area contributed by atoms with E-state index in [0.717, 1.165) is 5.56 Å². The number of nitrogens with zero attached hydrogens (tertiary/aromatic N) is 4. The second-order valence-electron chi connectivity index (χ2n) is 8.17. The van der Waals surface area contributed by atoms with Crippen LogP contribution in [0.15, 0.2) is 52.9 Å². The molecule has 2 atom stereocenters. The number of amides is 1. The Bertz CT molecular complexity index is 1100. The number of hydrogen-bond donors (Lipinski definition) is 0. The number of halogens is 2. The van der Waals surface area contributed by atoms with Gasteiger partial charge in [0.15, 0.2) is 0 Å². The lowest BCUT2D eigenvalue weighted by atomic mass is 10.1. The number of likely N-dealkylation sites (N-methyl/N-ethyl adjacent to an activating group) is 1. The normalized spacial score (nSPS) is 21.8. The van der Waals surface area contributed by atoms with Crippen LogP contribution in [0, 0.1) is 0 Å². The molecule has 2 aliphatic heterocycles. The van der Waals surface area contributed by atoms with E-state index in [0.29, 0.717) is 38.3 Å². The summed E-state index contributed by atoms with van der Waals surface area (Å²) >= 11 is 6.34. The highest BCUT2D eigenvalue weighted by atomic mass is 35.5. The SMILES string of the molecule is CN(C)C1CN(S(=O)(F)=Nc2ccc(C(=O)N3CCO[C@@H](c4ccccc4)C3)c(Cl)c2)C1. The summed E-state index contributed by atoms with van der Waals surface area (Å²) in [5.74, 6) is -0.233. The zero-order valence-electron chi connectivity index (χ0n) is 18.0. The highest BCUT2D eigenvalue weighted by molar-refractivity contribution is 7.86. The third kappa shape index (κ3) is 4.97. The predicted molar refractivity (Wildman–Crippen MR) is 123 cm³/mol. The van der Waals surface area contributed by atoms with Crippen LogP contribution < -0.4 is 0 Å². The van der Waals surface area contributed by atoms with Gasteiger partial charge < -0.3 is 14.5 Å². The fourth-order valence-electron chi connectivity index (χ4n) is 3.72. The van der Waals surface area contributed by atoms with Crippen molar-refractivity contribution in [2.75, 3.05) is 46.9 Å². The van der Waals surface area contributed by atoms with Gasteiger partial charge in [-0.15, -0.1) is 3.89 Å². The molecule has 0 aromatic heterocycles. The summed E-state index contributed by atoms with van der Waals surface area (Å²) in [6.45, 7) is 1.96. The van der Waals surface area contributed by atoms with E-state index in [1.54, 1.807) is 4.90 Å². The van der Waals surface area contributed by atoms with Crippen molar-refractivity contribution in [3.8, 4) is 0 Å². The highest BCUT2D eigenvalue weighted by Gasteiger charge is 2.36. The topological polar surface area (TPSA) is 65.5 Å². The Labute approximate surface area is 193 Å². The minimum Gasteiger partial charge on any atom is -0.370 e. The Balaban J connectivity index is 1.47. The van der Waals surface area contributed by atoms with Gasteiger partial charge in [0, 0.05) is 25.7 Å². The summed E-state index contributed by atoms with van der Waals surface area (Å²) in [5.41, 5.74) is 1.43. The molecule has 0 aliphatic carbocycles. The Kier molecular flexibility index (Phi) is 6.83. The maximum Gasteiger partial charge on any atom is 0.275 e. The third-order valence-electron chi connectivity index (χ3n) is 5.80. The molecule has 0 saturated carbocycles. The van der Waals surface area contributed by atoms with Crippen molar-refractivity contribution in [2.24, 2.45) is 4.36 Å². The predicted octanol–water partition coefficient (Wildman–Crippen LogP) is 3.70. The lowest BCUT2D eigenvalue weighted by molar-refractivity contribution is -0.0228. The Morgan fingerprint density at radius 3 is 2.56 bits per heavy atom. The van der Waals surface area contributed by atoms with Crippen LogP contribution in [0.25, 0.3) is 0 Å². The van der Waals surface area contributed by atoms with Gasteiger partial charge in [-0.05, 0) is 37.9 Å². The Morgan fingerprint density at radius 1 is 1.19 bits per heavy atom. The van der Waals surface area contributed by atoms with Crippen molar-refractivity contribution in [3.05, 3.63) is 64.7 Å². The molecule has 2 saturated heterocycles. The number of ether oxygens (including phenoxy) is 1. The molecule has 4 rings (SSSR count). The fraction of sp³-hybridized carbons (Fsp3) is 0.409. The van der Waals surface area contributed by atoms with Crippen molar-refractivity contribution >= 4 is 33.5 Å². The molecule has 1 amide bonds. The van der Waals surface area contributed by atoms with Gasteiger partial charge in [0.05, 0.1) is 29.4 Å². The molecule has 2 fully saturated rings. The van der Waals surface area contributed by atoms with E-state index in [-0.39, 0.29) is 28.8 Å². The van der Waals surface area contributed by atoms with Crippen molar-refractivity contribution < 1.29 is 17.6 Å². The molecule has 2 aliphatic rings. The van der Waals surface area contributed by atoms with Crippen LogP contribution in [0.5, 0.6) is 0 Å². The van der Waals surface area contributed by atoms with Gasteiger partial charge in [0.1, 0.15) is 6.10 Å². The van der Waals surface area contributed by atoms with Gasteiger partial charge in [0.25, 0.3) is 16.2 Å². The summed E-state index contributed by atoms with van der Waals surface area (Å²) in [6.07, 6.45) is -0.208. The maximum absolute atomic E-state index is 14.7. The van der Waals surface area contributed by atoms with Gasteiger partial charge in [-0.1, -0.05) is 41.9 Å². The summed E-state index contributed by atoms with van der Waals surface area (Å²) < 4.78 is 37.9. The van der Waals surface area contributed by atoms with Gasteiger partial charge in [-0.3, -0.25) is 4.79 Å².